The van der Waals surface area contributed by atoms with Crippen LogP contribution in [-0.4, -0.2) is 33.0 Å². The Morgan fingerprint density at radius 3 is 3.00 bits per heavy atom. The predicted molar refractivity (Wildman–Crippen MR) is 85.0 cm³/mol. The third-order valence-electron chi connectivity index (χ3n) is 3.14. The molecule has 1 heterocycles. The van der Waals surface area contributed by atoms with Gasteiger partial charge in [-0.05, 0) is 35.9 Å². The zero-order chi connectivity index (χ0) is 14.6. The van der Waals surface area contributed by atoms with Crippen molar-refractivity contribution >= 4 is 33.4 Å². The van der Waals surface area contributed by atoms with Crippen LogP contribution < -0.4 is 10.0 Å². The Kier molecular flexibility index (Phi) is 5.74. The van der Waals surface area contributed by atoms with Crippen molar-refractivity contribution in [3.05, 3.63) is 28.8 Å². The molecule has 2 N–H and O–H groups in total. The summed E-state index contributed by atoms with van der Waals surface area (Å²) in [7, 11) is -3.16. The number of hydrogen-bond acceptors (Lipinski definition) is 4. The summed E-state index contributed by atoms with van der Waals surface area (Å²) in [6.07, 6.45) is 0.985. The standard InChI is InChI=1S/C13H19ClN2O2S2/c1-2-16-20(17,18)8-6-15-12-5-7-19-13-4-3-10(14)9-11(12)13/h3-4,9,12,15-16H,2,5-8H2,1H3. The molecule has 0 amide bonds. The highest BCUT2D eigenvalue weighted by Gasteiger charge is 2.21. The maximum Gasteiger partial charge on any atom is 0.212 e. The fraction of sp³-hybridized carbons (Fsp3) is 0.538. The van der Waals surface area contributed by atoms with E-state index in [9.17, 15) is 8.42 Å². The second-order valence-electron chi connectivity index (χ2n) is 4.64. The first kappa shape index (κ1) is 16.1. The van der Waals surface area contributed by atoms with Crippen LogP contribution in [0, 0.1) is 0 Å². The van der Waals surface area contributed by atoms with E-state index in [4.69, 9.17) is 11.6 Å². The van der Waals surface area contributed by atoms with Gasteiger partial charge in [-0.15, -0.1) is 11.8 Å². The van der Waals surface area contributed by atoms with E-state index in [-0.39, 0.29) is 11.8 Å². The van der Waals surface area contributed by atoms with E-state index in [1.54, 1.807) is 6.92 Å². The van der Waals surface area contributed by atoms with Crippen molar-refractivity contribution in [1.82, 2.24) is 10.0 Å². The van der Waals surface area contributed by atoms with Gasteiger partial charge >= 0.3 is 0 Å². The van der Waals surface area contributed by atoms with E-state index in [1.165, 1.54) is 10.5 Å². The summed E-state index contributed by atoms with van der Waals surface area (Å²) >= 11 is 7.87. The van der Waals surface area contributed by atoms with E-state index in [0.29, 0.717) is 13.1 Å². The predicted octanol–water partition coefficient (Wildman–Crippen LogP) is 2.41. The van der Waals surface area contributed by atoms with Crippen LogP contribution in [0.25, 0.3) is 0 Å². The molecular weight excluding hydrogens is 316 g/mol. The summed E-state index contributed by atoms with van der Waals surface area (Å²) in [4.78, 5) is 1.23. The third-order valence-corrected chi connectivity index (χ3v) is 5.96. The summed E-state index contributed by atoms with van der Waals surface area (Å²) in [5.74, 6) is 1.13. The average Bonchev–Trinajstić information content (AvgIpc) is 2.39. The monoisotopic (exact) mass is 334 g/mol. The Bertz CT molecular complexity index is 563. The number of rotatable bonds is 6. The van der Waals surface area contributed by atoms with Gasteiger partial charge in [-0.3, -0.25) is 0 Å². The summed E-state index contributed by atoms with van der Waals surface area (Å²) in [5.41, 5.74) is 1.18. The topological polar surface area (TPSA) is 58.2 Å². The lowest BCUT2D eigenvalue weighted by atomic mass is 10.0. The van der Waals surface area contributed by atoms with Crippen LogP contribution in [0.5, 0.6) is 0 Å². The van der Waals surface area contributed by atoms with Gasteiger partial charge in [-0.1, -0.05) is 18.5 Å². The second-order valence-corrected chi connectivity index (χ2v) is 8.14. The van der Waals surface area contributed by atoms with Crippen LogP contribution in [-0.2, 0) is 10.0 Å². The SMILES string of the molecule is CCNS(=O)(=O)CCNC1CCSc2ccc(Cl)cc21. The van der Waals surface area contributed by atoms with Gasteiger partial charge in [0.2, 0.25) is 10.0 Å². The Labute approximate surface area is 129 Å². The van der Waals surface area contributed by atoms with Gasteiger partial charge in [0.05, 0.1) is 5.75 Å². The lowest BCUT2D eigenvalue weighted by molar-refractivity contribution is 0.521. The fourth-order valence-corrected chi connectivity index (χ4v) is 4.49. The molecule has 4 nitrogen and oxygen atoms in total. The third kappa shape index (κ3) is 4.36. The number of nitrogens with one attached hydrogen (secondary N) is 2. The van der Waals surface area contributed by atoms with Crippen molar-refractivity contribution < 1.29 is 8.42 Å². The zero-order valence-corrected chi connectivity index (χ0v) is 13.7. The van der Waals surface area contributed by atoms with Crippen LogP contribution in [0.3, 0.4) is 0 Å². The molecule has 20 heavy (non-hydrogen) atoms. The number of hydrogen-bond donors (Lipinski definition) is 2. The number of sulfonamides is 1. The van der Waals surface area contributed by atoms with Crippen LogP contribution in [0.4, 0.5) is 0 Å². The molecule has 2 rings (SSSR count). The minimum absolute atomic E-state index is 0.0976. The first-order valence-corrected chi connectivity index (χ1v) is 9.66. The Morgan fingerprint density at radius 1 is 1.45 bits per heavy atom. The molecule has 1 aliphatic heterocycles. The van der Waals surface area contributed by atoms with Crippen molar-refractivity contribution in [2.24, 2.45) is 0 Å². The molecule has 0 saturated heterocycles. The van der Waals surface area contributed by atoms with Gasteiger partial charge in [-0.2, -0.15) is 0 Å². The van der Waals surface area contributed by atoms with E-state index in [0.717, 1.165) is 17.2 Å². The summed E-state index contributed by atoms with van der Waals surface area (Å²) in [6.45, 7) is 2.65. The number of halogens is 1. The van der Waals surface area contributed by atoms with E-state index in [1.807, 2.05) is 30.0 Å². The van der Waals surface area contributed by atoms with E-state index < -0.39 is 10.0 Å². The lowest BCUT2D eigenvalue weighted by Crippen LogP contribution is -2.34. The summed E-state index contributed by atoms with van der Waals surface area (Å²) < 4.78 is 25.7. The first-order valence-electron chi connectivity index (χ1n) is 6.65. The quantitative estimate of drug-likeness (QED) is 0.838. The molecule has 0 aliphatic carbocycles. The smallest absolute Gasteiger partial charge is 0.212 e. The zero-order valence-electron chi connectivity index (χ0n) is 11.4. The molecule has 0 radical (unpaired) electrons. The Morgan fingerprint density at radius 2 is 2.25 bits per heavy atom. The molecule has 112 valence electrons. The normalized spacial score (nSPS) is 18.8. The summed E-state index contributed by atoms with van der Waals surface area (Å²) in [5, 5.41) is 4.05. The van der Waals surface area contributed by atoms with Gasteiger partial charge in [0, 0.05) is 29.0 Å². The summed E-state index contributed by atoms with van der Waals surface area (Å²) in [6, 6.07) is 6.08. The maximum absolute atomic E-state index is 11.6. The van der Waals surface area contributed by atoms with Crippen molar-refractivity contribution in [2.75, 3.05) is 24.6 Å². The van der Waals surface area contributed by atoms with Gasteiger partial charge in [0.1, 0.15) is 0 Å². The molecule has 1 unspecified atom stereocenters. The highest BCUT2D eigenvalue weighted by Crippen LogP contribution is 2.37. The van der Waals surface area contributed by atoms with Crippen LogP contribution in [0.15, 0.2) is 23.1 Å². The molecule has 1 aromatic carbocycles. The number of thioether (sulfide) groups is 1. The maximum atomic E-state index is 11.6. The van der Waals surface area contributed by atoms with Crippen molar-refractivity contribution in [2.45, 2.75) is 24.3 Å². The average molecular weight is 335 g/mol. The van der Waals surface area contributed by atoms with Crippen molar-refractivity contribution in [3.63, 3.8) is 0 Å². The molecule has 1 aromatic rings. The molecule has 1 atom stereocenters. The van der Waals surface area contributed by atoms with Crippen molar-refractivity contribution in [1.29, 1.82) is 0 Å². The van der Waals surface area contributed by atoms with Gasteiger partial charge in [-0.25, -0.2) is 13.1 Å². The lowest BCUT2D eigenvalue weighted by Gasteiger charge is -2.26. The van der Waals surface area contributed by atoms with Crippen molar-refractivity contribution in [3.8, 4) is 0 Å². The molecule has 0 fully saturated rings. The van der Waals surface area contributed by atoms with Crippen LogP contribution in [0.2, 0.25) is 5.02 Å². The number of fused-ring (bicyclic) bond motifs is 1. The minimum Gasteiger partial charge on any atom is -0.309 e. The fourth-order valence-electron chi connectivity index (χ4n) is 2.24. The van der Waals surface area contributed by atoms with E-state index >= 15 is 0 Å². The van der Waals surface area contributed by atoms with Crippen LogP contribution in [0.1, 0.15) is 24.9 Å². The molecule has 7 heteroatoms. The van der Waals surface area contributed by atoms with E-state index in [2.05, 4.69) is 10.0 Å². The highest BCUT2D eigenvalue weighted by molar-refractivity contribution is 7.99. The Balaban J connectivity index is 1.97. The van der Waals surface area contributed by atoms with Crippen LogP contribution >= 0.6 is 23.4 Å². The molecular formula is C13H19ClN2O2S2. The first-order chi connectivity index (χ1) is 9.52. The molecule has 0 aromatic heterocycles. The molecule has 0 spiro atoms. The van der Waals surface area contributed by atoms with Gasteiger partial charge < -0.3 is 5.32 Å². The minimum atomic E-state index is -3.16. The number of benzene rings is 1. The van der Waals surface area contributed by atoms with Gasteiger partial charge in [0.15, 0.2) is 0 Å². The highest BCUT2D eigenvalue weighted by atomic mass is 35.5. The molecule has 0 bridgehead atoms. The van der Waals surface area contributed by atoms with Gasteiger partial charge in [0.25, 0.3) is 0 Å². The molecule has 0 saturated carbocycles. The Hall–Kier alpha value is -0.270. The largest absolute Gasteiger partial charge is 0.309 e. The molecule has 1 aliphatic rings. The second kappa shape index (κ2) is 7.13.